The zero-order valence-electron chi connectivity index (χ0n) is 12.4. The lowest BCUT2D eigenvalue weighted by Crippen LogP contribution is -2.32. The highest BCUT2D eigenvalue weighted by molar-refractivity contribution is 5.98. The summed E-state index contributed by atoms with van der Waals surface area (Å²) in [6, 6.07) is 7.06. The summed E-state index contributed by atoms with van der Waals surface area (Å²) in [5.41, 5.74) is 1.25. The van der Waals surface area contributed by atoms with Crippen LogP contribution in [0.25, 0.3) is 0 Å². The summed E-state index contributed by atoms with van der Waals surface area (Å²) in [4.78, 5) is 23.7. The molecule has 0 saturated heterocycles. The van der Waals surface area contributed by atoms with Crippen LogP contribution in [-0.4, -0.2) is 31.4 Å². The average Bonchev–Trinajstić information content (AvgIpc) is 3.32. The highest BCUT2D eigenvalue weighted by Gasteiger charge is 2.29. The van der Waals surface area contributed by atoms with Gasteiger partial charge in [-0.25, -0.2) is 0 Å². The highest BCUT2D eigenvalue weighted by atomic mass is 16.2. The van der Waals surface area contributed by atoms with Crippen LogP contribution in [0.15, 0.2) is 24.3 Å². The third-order valence-electron chi connectivity index (χ3n) is 3.35. The standard InChI is InChI=1S/C16H23N3O2/c1-2-8-17-9-10-18-15(20)13-4-3-5-14(11-13)19-16(21)12-6-7-12/h3-5,11-12,17H,2,6-10H2,1H3,(H,18,20)(H,19,21). The van der Waals surface area contributed by atoms with E-state index in [1.165, 1.54) is 0 Å². The molecule has 2 amide bonds. The molecule has 0 heterocycles. The Morgan fingerprint density at radius 2 is 2.00 bits per heavy atom. The van der Waals surface area contributed by atoms with E-state index in [-0.39, 0.29) is 17.7 Å². The van der Waals surface area contributed by atoms with E-state index in [4.69, 9.17) is 0 Å². The number of carbonyl (C=O) groups excluding carboxylic acids is 2. The molecule has 5 heteroatoms. The zero-order chi connectivity index (χ0) is 15.1. The number of nitrogens with one attached hydrogen (secondary N) is 3. The van der Waals surface area contributed by atoms with Crippen LogP contribution >= 0.6 is 0 Å². The molecule has 1 aliphatic carbocycles. The van der Waals surface area contributed by atoms with E-state index >= 15 is 0 Å². The highest BCUT2D eigenvalue weighted by Crippen LogP contribution is 2.30. The van der Waals surface area contributed by atoms with Crippen molar-refractivity contribution in [1.29, 1.82) is 0 Å². The van der Waals surface area contributed by atoms with Gasteiger partial charge in [0, 0.05) is 30.3 Å². The molecule has 0 aliphatic heterocycles. The number of benzene rings is 1. The topological polar surface area (TPSA) is 70.2 Å². The Balaban J connectivity index is 1.81. The summed E-state index contributed by atoms with van der Waals surface area (Å²) < 4.78 is 0. The molecule has 114 valence electrons. The lowest BCUT2D eigenvalue weighted by Gasteiger charge is -2.08. The van der Waals surface area contributed by atoms with Gasteiger partial charge < -0.3 is 16.0 Å². The van der Waals surface area contributed by atoms with Gasteiger partial charge in [-0.15, -0.1) is 0 Å². The Bertz CT molecular complexity index is 498. The molecule has 2 rings (SSSR count). The monoisotopic (exact) mass is 289 g/mol. The van der Waals surface area contributed by atoms with Crippen molar-refractivity contribution in [3.05, 3.63) is 29.8 Å². The molecule has 0 radical (unpaired) electrons. The van der Waals surface area contributed by atoms with E-state index < -0.39 is 0 Å². The van der Waals surface area contributed by atoms with Crippen molar-refractivity contribution >= 4 is 17.5 Å². The normalized spacial score (nSPS) is 13.8. The van der Waals surface area contributed by atoms with Crippen LogP contribution in [0.5, 0.6) is 0 Å². The maximum atomic E-state index is 12.0. The van der Waals surface area contributed by atoms with Crippen LogP contribution < -0.4 is 16.0 Å². The van der Waals surface area contributed by atoms with Crippen LogP contribution in [0.1, 0.15) is 36.5 Å². The largest absolute Gasteiger partial charge is 0.351 e. The molecule has 21 heavy (non-hydrogen) atoms. The molecule has 0 unspecified atom stereocenters. The minimum absolute atomic E-state index is 0.0522. The average molecular weight is 289 g/mol. The first-order valence-corrected chi connectivity index (χ1v) is 7.60. The van der Waals surface area contributed by atoms with Gasteiger partial charge >= 0.3 is 0 Å². The number of amides is 2. The van der Waals surface area contributed by atoms with Crippen molar-refractivity contribution in [1.82, 2.24) is 10.6 Å². The molecule has 5 nitrogen and oxygen atoms in total. The predicted octanol–water partition coefficient (Wildman–Crippen LogP) is 1.76. The summed E-state index contributed by atoms with van der Waals surface area (Å²) in [6.45, 7) is 4.42. The molecule has 0 aromatic heterocycles. The van der Waals surface area contributed by atoms with Gasteiger partial charge in [0.05, 0.1) is 0 Å². The maximum absolute atomic E-state index is 12.0. The number of hydrogen-bond donors (Lipinski definition) is 3. The van der Waals surface area contributed by atoms with Gasteiger partial charge in [0.15, 0.2) is 0 Å². The Labute approximate surface area is 125 Å². The second-order valence-electron chi connectivity index (χ2n) is 5.35. The van der Waals surface area contributed by atoms with Crippen molar-refractivity contribution in [2.24, 2.45) is 5.92 Å². The smallest absolute Gasteiger partial charge is 0.251 e. The Morgan fingerprint density at radius 1 is 1.19 bits per heavy atom. The van der Waals surface area contributed by atoms with Crippen molar-refractivity contribution in [3.8, 4) is 0 Å². The molecule has 1 aliphatic rings. The summed E-state index contributed by atoms with van der Waals surface area (Å²) in [5, 5.41) is 8.94. The van der Waals surface area contributed by atoms with Gasteiger partial charge in [0.1, 0.15) is 0 Å². The quantitative estimate of drug-likeness (QED) is 0.639. The molecule has 1 aromatic carbocycles. The lowest BCUT2D eigenvalue weighted by atomic mass is 10.2. The molecular formula is C16H23N3O2. The van der Waals surface area contributed by atoms with Crippen molar-refractivity contribution in [3.63, 3.8) is 0 Å². The summed E-state index contributed by atoms with van der Waals surface area (Å²) in [5.74, 6) is 0.0965. The third-order valence-corrected chi connectivity index (χ3v) is 3.35. The summed E-state index contributed by atoms with van der Waals surface area (Å²) in [6.07, 6.45) is 3.02. The Morgan fingerprint density at radius 3 is 2.71 bits per heavy atom. The minimum Gasteiger partial charge on any atom is -0.351 e. The third kappa shape index (κ3) is 5.19. The van der Waals surface area contributed by atoms with Crippen molar-refractivity contribution in [2.45, 2.75) is 26.2 Å². The number of rotatable bonds is 8. The van der Waals surface area contributed by atoms with Gasteiger partial charge in [-0.3, -0.25) is 9.59 Å². The van der Waals surface area contributed by atoms with Gasteiger partial charge in [0.2, 0.25) is 5.91 Å². The first kappa shape index (κ1) is 15.5. The lowest BCUT2D eigenvalue weighted by molar-refractivity contribution is -0.117. The van der Waals surface area contributed by atoms with Gasteiger partial charge in [-0.1, -0.05) is 13.0 Å². The predicted molar refractivity (Wildman–Crippen MR) is 83.3 cm³/mol. The van der Waals surface area contributed by atoms with Gasteiger partial charge in [-0.2, -0.15) is 0 Å². The summed E-state index contributed by atoms with van der Waals surface area (Å²) >= 11 is 0. The molecule has 1 fully saturated rings. The molecule has 3 N–H and O–H groups in total. The van der Waals surface area contributed by atoms with E-state index in [9.17, 15) is 9.59 Å². The van der Waals surface area contributed by atoms with E-state index in [2.05, 4.69) is 22.9 Å². The van der Waals surface area contributed by atoms with Crippen LogP contribution in [0.4, 0.5) is 5.69 Å². The fourth-order valence-corrected chi connectivity index (χ4v) is 2.00. The zero-order valence-corrected chi connectivity index (χ0v) is 12.4. The van der Waals surface area contributed by atoms with E-state index in [0.29, 0.717) is 17.8 Å². The number of anilines is 1. The van der Waals surface area contributed by atoms with Crippen LogP contribution in [0.3, 0.4) is 0 Å². The molecule has 1 aromatic rings. The van der Waals surface area contributed by atoms with Crippen molar-refractivity contribution < 1.29 is 9.59 Å². The van der Waals surface area contributed by atoms with E-state index in [1.54, 1.807) is 24.3 Å². The SMILES string of the molecule is CCCNCCNC(=O)c1cccc(NC(=O)C2CC2)c1. The number of carbonyl (C=O) groups is 2. The van der Waals surface area contributed by atoms with Crippen LogP contribution in [-0.2, 0) is 4.79 Å². The van der Waals surface area contributed by atoms with E-state index in [1.807, 2.05) is 0 Å². The first-order chi connectivity index (χ1) is 10.2. The molecule has 0 bridgehead atoms. The van der Waals surface area contributed by atoms with Crippen LogP contribution in [0, 0.1) is 5.92 Å². The molecule has 0 atom stereocenters. The first-order valence-electron chi connectivity index (χ1n) is 7.60. The molecular weight excluding hydrogens is 266 g/mol. The maximum Gasteiger partial charge on any atom is 0.251 e. The Kier molecular flexibility index (Phi) is 5.75. The minimum atomic E-state index is -0.115. The molecule has 1 saturated carbocycles. The fourth-order valence-electron chi connectivity index (χ4n) is 2.00. The van der Waals surface area contributed by atoms with Crippen LogP contribution in [0.2, 0.25) is 0 Å². The van der Waals surface area contributed by atoms with Crippen molar-refractivity contribution in [2.75, 3.05) is 25.0 Å². The van der Waals surface area contributed by atoms with E-state index in [0.717, 1.165) is 32.4 Å². The van der Waals surface area contributed by atoms with Gasteiger partial charge in [-0.05, 0) is 44.0 Å². The molecule has 0 spiro atoms. The fraction of sp³-hybridized carbons (Fsp3) is 0.500. The van der Waals surface area contributed by atoms with Gasteiger partial charge in [0.25, 0.3) is 5.91 Å². The second-order valence-corrected chi connectivity index (χ2v) is 5.35. The number of hydrogen-bond acceptors (Lipinski definition) is 3. The second kappa shape index (κ2) is 7.78. The Hall–Kier alpha value is -1.88. The summed E-state index contributed by atoms with van der Waals surface area (Å²) in [7, 11) is 0.